The van der Waals surface area contributed by atoms with Crippen LogP contribution in [0.5, 0.6) is 0 Å². The standard InChI is InChI=1S/C13H7F15O2/c1-3(29)2-30-7-11(23,24)4(14)8(17,18)5(15,12(7,25)26)10(21,22)6(16,9(4,19)20)13(7,27)28/h3,29H,2H2,1H3. The molecule has 0 aromatic heterocycles. The van der Waals surface area contributed by atoms with Crippen LogP contribution in [0.2, 0.25) is 0 Å². The minimum Gasteiger partial charge on any atom is -0.391 e. The van der Waals surface area contributed by atoms with Gasteiger partial charge >= 0.3 is 52.5 Å². The van der Waals surface area contributed by atoms with Gasteiger partial charge in [-0.1, -0.05) is 0 Å². The number of hydrogen-bond acceptors (Lipinski definition) is 2. The highest BCUT2D eigenvalue weighted by atomic mass is 19.3. The fourth-order valence-corrected chi connectivity index (χ4v) is 4.32. The van der Waals surface area contributed by atoms with Crippen molar-refractivity contribution >= 4 is 0 Å². The Kier molecular flexibility index (Phi) is 3.87. The van der Waals surface area contributed by atoms with E-state index in [2.05, 4.69) is 4.74 Å². The lowest BCUT2D eigenvalue weighted by Gasteiger charge is -2.74. The Labute approximate surface area is 154 Å². The van der Waals surface area contributed by atoms with Gasteiger partial charge in [-0.2, -0.15) is 52.7 Å². The van der Waals surface area contributed by atoms with Gasteiger partial charge in [0, 0.05) is 0 Å². The first-order valence-corrected chi connectivity index (χ1v) is 7.57. The molecule has 1 unspecified atom stereocenters. The molecule has 0 heterocycles. The fraction of sp³-hybridized carbons (Fsp3) is 1.00. The Hall–Kier alpha value is -1.13. The molecule has 4 saturated carbocycles. The van der Waals surface area contributed by atoms with E-state index in [-0.39, 0.29) is 0 Å². The van der Waals surface area contributed by atoms with Gasteiger partial charge in [0.25, 0.3) is 5.60 Å². The van der Waals surface area contributed by atoms with Crippen LogP contribution in [0.15, 0.2) is 0 Å². The summed E-state index contributed by atoms with van der Waals surface area (Å²) in [5, 5.41) is 8.88. The molecule has 4 bridgehead atoms. The summed E-state index contributed by atoms with van der Waals surface area (Å²) in [5.74, 6) is -46.2. The SMILES string of the molecule is CC(O)COC12C(F)(F)C3(F)C(F)(F)C(F)(C(F)(F)C(F)(C3(F)F)C1(F)F)C2(F)F. The van der Waals surface area contributed by atoms with Crippen LogP contribution in [-0.2, 0) is 4.74 Å². The molecular formula is C13H7F15O2. The molecule has 17 heteroatoms. The van der Waals surface area contributed by atoms with Gasteiger partial charge in [-0.3, -0.25) is 0 Å². The Morgan fingerprint density at radius 3 is 0.967 bits per heavy atom. The van der Waals surface area contributed by atoms with E-state index in [1.54, 1.807) is 0 Å². The second-order valence-corrected chi connectivity index (χ2v) is 7.26. The third kappa shape index (κ3) is 1.41. The molecular weight excluding hydrogens is 473 g/mol. The van der Waals surface area contributed by atoms with Crippen molar-refractivity contribution in [3.8, 4) is 0 Å². The normalized spacial score (nSPS) is 49.1. The molecule has 1 atom stereocenters. The summed E-state index contributed by atoms with van der Waals surface area (Å²) in [5.41, 5.74) is -30.0. The number of aliphatic hydroxyl groups is 1. The van der Waals surface area contributed by atoms with Gasteiger partial charge in [-0.15, -0.1) is 0 Å². The van der Waals surface area contributed by atoms with Gasteiger partial charge in [0.1, 0.15) is 0 Å². The van der Waals surface area contributed by atoms with Gasteiger partial charge in [0.05, 0.1) is 12.7 Å². The summed E-state index contributed by atoms with van der Waals surface area (Å²) in [4.78, 5) is 0. The lowest BCUT2D eigenvalue weighted by atomic mass is 9.40. The van der Waals surface area contributed by atoms with Crippen LogP contribution in [0, 0.1) is 0 Å². The van der Waals surface area contributed by atoms with Crippen LogP contribution in [0.1, 0.15) is 6.92 Å². The molecule has 0 spiro atoms. The lowest BCUT2D eigenvalue weighted by molar-refractivity contribution is -0.619. The smallest absolute Gasteiger partial charge is 0.339 e. The monoisotopic (exact) mass is 480 g/mol. The predicted octanol–water partition coefficient (Wildman–Crippen LogP) is 4.10. The van der Waals surface area contributed by atoms with Gasteiger partial charge in [0.15, 0.2) is 0 Å². The third-order valence-corrected chi connectivity index (χ3v) is 5.76. The molecule has 0 aromatic rings. The van der Waals surface area contributed by atoms with Crippen molar-refractivity contribution in [2.45, 2.75) is 71.2 Å². The molecule has 0 radical (unpaired) electrons. The van der Waals surface area contributed by atoms with Crippen LogP contribution in [0.3, 0.4) is 0 Å². The van der Waals surface area contributed by atoms with Crippen molar-refractivity contribution in [3.05, 3.63) is 0 Å². The second kappa shape index (κ2) is 4.93. The van der Waals surface area contributed by atoms with E-state index in [1.807, 2.05) is 0 Å². The van der Waals surface area contributed by atoms with E-state index < -0.39 is 70.9 Å². The Balaban J connectivity index is 2.64. The number of alkyl halides is 15. The van der Waals surface area contributed by atoms with E-state index >= 15 is 0 Å². The first-order valence-electron chi connectivity index (χ1n) is 7.57. The average Bonchev–Trinajstić information content (AvgIpc) is 2.54. The molecule has 176 valence electrons. The quantitative estimate of drug-likeness (QED) is 0.617. The van der Waals surface area contributed by atoms with Gasteiger partial charge < -0.3 is 9.84 Å². The number of ether oxygens (including phenoxy) is 1. The van der Waals surface area contributed by atoms with Crippen LogP contribution in [0.4, 0.5) is 65.9 Å². The van der Waals surface area contributed by atoms with E-state index in [4.69, 9.17) is 5.11 Å². The maximum absolute atomic E-state index is 14.6. The number of hydrogen-bond donors (Lipinski definition) is 1. The zero-order valence-electron chi connectivity index (χ0n) is 13.8. The van der Waals surface area contributed by atoms with Crippen LogP contribution in [-0.4, -0.2) is 76.0 Å². The summed E-state index contributed by atoms with van der Waals surface area (Å²) in [6.45, 7) is -1.89. The predicted molar refractivity (Wildman–Crippen MR) is 61.6 cm³/mol. The van der Waals surface area contributed by atoms with E-state index in [0.29, 0.717) is 6.92 Å². The topological polar surface area (TPSA) is 29.5 Å². The summed E-state index contributed by atoms with van der Waals surface area (Å²) >= 11 is 0. The highest BCUT2D eigenvalue weighted by Crippen LogP contribution is 2.88. The van der Waals surface area contributed by atoms with E-state index in [0.717, 1.165) is 0 Å². The molecule has 4 aliphatic carbocycles. The average molecular weight is 480 g/mol. The Bertz CT molecular complexity index is 676. The van der Waals surface area contributed by atoms with E-state index in [1.165, 1.54) is 0 Å². The Morgan fingerprint density at radius 1 is 0.533 bits per heavy atom. The molecule has 2 nitrogen and oxygen atoms in total. The van der Waals surface area contributed by atoms with Crippen molar-refractivity contribution in [3.63, 3.8) is 0 Å². The van der Waals surface area contributed by atoms with Gasteiger partial charge in [-0.05, 0) is 6.92 Å². The van der Waals surface area contributed by atoms with E-state index in [9.17, 15) is 65.9 Å². The van der Waals surface area contributed by atoms with Gasteiger partial charge in [0.2, 0.25) is 0 Å². The molecule has 0 amide bonds. The highest BCUT2D eigenvalue weighted by molar-refractivity contribution is 5.54. The van der Waals surface area contributed by atoms with Crippen molar-refractivity contribution in [2.24, 2.45) is 0 Å². The largest absolute Gasteiger partial charge is 0.391 e. The summed E-state index contributed by atoms with van der Waals surface area (Å²) in [6, 6.07) is 0. The highest BCUT2D eigenvalue weighted by Gasteiger charge is 3.23. The van der Waals surface area contributed by atoms with Gasteiger partial charge in [-0.25, -0.2) is 13.2 Å². The molecule has 4 fully saturated rings. The molecule has 4 rings (SSSR count). The number of aliphatic hydroxyl groups excluding tert-OH is 1. The van der Waals surface area contributed by atoms with Crippen LogP contribution < -0.4 is 0 Å². The van der Waals surface area contributed by atoms with Crippen molar-refractivity contribution in [2.75, 3.05) is 6.61 Å². The fourth-order valence-electron chi connectivity index (χ4n) is 4.32. The molecule has 1 N–H and O–H groups in total. The number of halogens is 15. The van der Waals surface area contributed by atoms with Crippen LogP contribution in [0.25, 0.3) is 0 Å². The summed E-state index contributed by atoms with van der Waals surface area (Å²) < 4.78 is 218. The zero-order valence-corrected chi connectivity index (χ0v) is 13.8. The Morgan fingerprint density at radius 2 is 0.767 bits per heavy atom. The molecule has 0 aromatic carbocycles. The molecule has 4 aliphatic rings. The summed E-state index contributed by atoms with van der Waals surface area (Å²) in [7, 11) is 0. The molecule has 30 heavy (non-hydrogen) atoms. The summed E-state index contributed by atoms with van der Waals surface area (Å²) in [6.07, 6.45) is -2.40. The first kappa shape index (κ1) is 23.5. The number of rotatable bonds is 3. The molecule has 0 aliphatic heterocycles. The third-order valence-electron chi connectivity index (χ3n) is 5.76. The maximum Gasteiger partial charge on any atom is 0.339 e. The first-order chi connectivity index (χ1) is 12.9. The van der Waals surface area contributed by atoms with Crippen molar-refractivity contribution < 1.29 is 75.7 Å². The van der Waals surface area contributed by atoms with Crippen molar-refractivity contribution in [1.29, 1.82) is 0 Å². The second-order valence-electron chi connectivity index (χ2n) is 7.26. The molecule has 0 saturated heterocycles. The van der Waals surface area contributed by atoms with Crippen molar-refractivity contribution in [1.82, 2.24) is 0 Å². The lowest BCUT2D eigenvalue weighted by Crippen LogP contribution is -3.10. The van der Waals surface area contributed by atoms with Crippen LogP contribution >= 0.6 is 0 Å². The minimum absolute atomic E-state index is 0.397. The maximum atomic E-state index is 14.6. The minimum atomic E-state index is -7.83. The zero-order chi connectivity index (χ0) is 24.0.